The van der Waals surface area contributed by atoms with E-state index in [-0.39, 0.29) is 11.4 Å². The molecule has 108 valence electrons. The smallest absolute Gasteiger partial charge is 0.230 e. The molecule has 0 aliphatic rings. The van der Waals surface area contributed by atoms with Crippen molar-refractivity contribution in [3.63, 3.8) is 0 Å². The maximum atomic E-state index is 11.8. The number of fused-ring (bicyclic) bond motifs is 1. The number of hydrogen-bond donors (Lipinski definition) is 1. The van der Waals surface area contributed by atoms with Crippen molar-refractivity contribution in [1.82, 2.24) is 30.3 Å². The monoisotopic (exact) mass is 294 g/mol. The van der Waals surface area contributed by atoms with Crippen molar-refractivity contribution in [2.24, 2.45) is 0 Å². The van der Waals surface area contributed by atoms with Gasteiger partial charge < -0.3 is 5.32 Å². The highest BCUT2D eigenvalue weighted by atomic mass is 32.2. The largest absolute Gasteiger partial charge is 0.351 e. The van der Waals surface area contributed by atoms with Crippen LogP contribution in [0.5, 0.6) is 0 Å². The Kier molecular flexibility index (Phi) is 4.22. The molecular formula is C12H18N6OS. The molecule has 1 N–H and O–H groups in total. The zero-order valence-electron chi connectivity index (χ0n) is 12.0. The molecule has 2 aromatic heterocycles. The van der Waals surface area contributed by atoms with E-state index in [4.69, 9.17) is 0 Å². The number of rotatable bonds is 4. The lowest BCUT2D eigenvalue weighted by Crippen LogP contribution is -2.41. The molecule has 0 radical (unpaired) electrons. The fourth-order valence-electron chi connectivity index (χ4n) is 1.68. The molecule has 0 aliphatic carbocycles. The highest BCUT2D eigenvalue weighted by molar-refractivity contribution is 8.00. The average molecular weight is 294 g/mol. The van der Waals surface area contributed by atoms with Crippen LogP contribution in [0.1, 0.15) is 27.7 Å². The molecule has 0 aliphatic heterocycles. The van der Waals surface area contributed by atoms with Crippen LogP contribution in [0.4, 0.5) is 0 Å². The van der Waals surface area contributed by atoms with Crippen molar-refractivity contribution in [2.75, 3.05) is 5.75 Å². The van der Waals surface area contributed by atoms with Crippen LogP contribution >= 0.6 is 11.8 Å². The molecule has 0 saturated carbocycles. The van der Waals surface area contributed by atoms with Gasteiger partial charge in [0.15, 0.2) is 11.2 Å². The number of aryl methyl sites for hydroxylation is 1. The topological polar surface area (TPSA) is 85.6 Å². The average Bonchev–Trinajstić information content (AvgIpc) is 2.77. The van der Waals surface area contributed by atoms with Gasteiger partial charge in [-0.05, 0) is 27.7 Å². The number of hydrogen-bond acceptors (Lipinski definition) is 6. The lowest BCUT2D eigenvalue weighted by molar-refractivity contribution is -0.119. The first-order chi connectivity index (χ1) is 9.40. The molecular weight excluding hydrogens is 276 g/mol. The quantitative estimate of drug-likeness (QED) is 0.674. The number of carbonyl (C=O) groups excluding carboxylic acids is 1. The van der Waals surface area contributed by atoms with E-state index in [1.54, 1.807) is 4.68 Å². The minimum Gasteiger partial charge on any atom is -0.351 e. The molecule has 0 fully saturated rings. The van der Waals surface area contributed by atoms with Gasteiger partial charge in [0.2, 0.25) is 5.91 Å². The molecule has 0 saturated heterocycles. The molecule has 20 heavy (non-hydrogen) atoms. The first-order valence-corrected chi connectivity index (χ1v) is 7.37. The van der Waals surface area contributed by atoms with Crippen molar-refractivity contribution in [2.45, 2.75) is 44.8 Å². The first-order valence-electron chi connectivity index (χ1n) is 6.38. The van der Waals surface area contributed by atoms with E-state index in [9.17, 15) is 4.79 Å². The van der Waals surface area contributed by atoms with Gasteiger partial charge in [0.25, 0.3) is 0 Å². The van der Waals surface area contributed by atoms with Gasteiger partial charge in [-0.1, -0.05) is 17.0 Å². The van der Waals surface area contributed by atoms with Gasteiger partial charge in [0, 0.05) is 12.1 Å². The Morgan fingerprint density at radius 2 is 2.15 bits per heavy atom. The molecule has 8 heteroatoms. The minimum atomic E-state index is -0.232. The van der Waals surface area contributed by atoms with Crippen LogP contribution in [0.2, 0.25) is 0 Å². The normalized spacial score (nSPS) is 11.8. The maximum Gasteiger partial charge on any atom is 0.230 e. The van der Waals surface area contributed by atoms with E-state index in [2.05, 4.69) is 25.6 Å². The second-order valence-electron chi connectivity index (χ2n) is 5.34. The number of thioether (sulfide) groups is 1. The number of aromatic nitrogens is 5. The van der Waals surface area contributed by atoms with Crippen LogP contribution in [0.3, 0.4) is 0 Å². The van der Waals surface area contributed by atoms with Gasteiger partial charge in [-0.2, -0.15) is 0 Å². The molecule has 1 amide bonds. The van der Waals surface area contributed by atoms with E-state index in [0.717, 1.165) is 0 Å². The van der Waals surface area contributed by atoms with Gasteiger partial charge in [-0.25, -0.2) is 14.6 Å². The van der Waals surface area contributed by atoms with E-state index in [1.165, 1.54) is 18.1 Å². The lowest BCUT2D eigenvalue weighted by Gasteiger charge is -2.20. The maximum absolute atomic E-state index is 11.8. The highest BCUT2D eigenvalue weighted by Gasteiger charge is 2.16. The third kappa shape index (κ3) is 3.44. The Morgan fingerprint density at radius 1 is 1.40 bits per heavy atom. The summed E-state index contributed by atoms with van der Waals surface area (Å²) >= 11 is 1.34. The van der Waals surface area contributed by atoms with Gasteiger partial charge in [0.1, 0.15) is 11.4 Å². The minimum absolute atomic E-state index is 0.0304. The summed E-state index contributed by atoms with van der Waals surface area (Å²) in [5, 5.41) is 11.7. The summed E-state index contributed by atoms with van der Waals surface area (Å²) in [5.41, 5.74) is 1.11. The van der Waals surface area contributed by atoms with Crippen molar-refractivity contribution in [3.05, 3.63) is 6.33 Å². The molecule has 0 aromatic carbocycles. The van der Waals surface area contributed by atoms with Gasteiger partial charge in [-0.3, -0.25) is 4.79 Å². The third-order valence-corrected chi connectivity index (χ3v) is 3.40. The Hall–Kier alpha value is -1.70. The highest BCUT2D eigenvalue weighted by Crippen LogP contribution is 2.22. The zero-order valence-corrected chi connectivity index (χ0v) is 12.9. The SMILES string of the molecule is CCn1nnc2c(SCC(=O)NC(C)(C)C)ncnc21. The van der Waals surface area contributed by atoms with Crippen molar-refractivity contribution in [1.29, 1.82) is 0 Å². The second kappa shape index (κ2) is 5.74. The molecule has 2 aromatic rings. The third-order valence-electron chi connectivity index (χ3n) is 2.42. The summed E-state index contributed by atoms with van der Waals surface area (Å²) in [6.07, 6.45) is 1.47. The van der Waals surface area contributed by atoms with Gasteiger partial charge >= 0.3 is 0 Å². The van der Waals surface area contributed by atoms with E-state index in [0.29, 0.717) is 28.5 Å². The van der Waals surface area contributed by atoms with Crippen molar-refractivity contribution < 1.29 is 4.79 Å². The van der Waals surface area contributed by atoms with Crippen LogP contribution in [-0.4, -0.2) is 42.2 Å². The predicted molar refractivity (Wildman–Crippen MR) is 77.4 cm³/mol. The Morgan fingerprint density at radius 3 is 2.80 bits per heavy atom. The number of nitrogens with one attached hydrogen (secondary N) is 1. The summed E-state index contributed by atoms with van der Waals surface area (Å²) in [6, 6.07) is 0. The molecule has 0 bridgehead atoms. The molecule has 2 rings (SSSR count). The first kappa shape index (κ1) is 14.7. The van der Waals surface area contributed by atoms with E-state index < -0.39 is 0 Å². The van der Waals surface area contributed by atoms with Crippen LogP contribution in [-0.2, 0) is 11.3 Å². The van der Waals surface area contributed by atoms with Crippen LogP contribution in [0.25, 0.3) is 11.2 Å². The second-order valence-corrected chi connectivity index (χ2v) is 6.31. The van der Waals surface area contributed by atoms with E-state index in [1.807, 2.05) is 27.7 Å². The number of carbonyl (C=O) groups is 1. The zero-order chi connectivity index (χ0) is 14.8. The Balaban J connectivity index is 2.11. The van der Waals surface area contributed by atoms with Gasteiger partial charge in [-0.15, -0.1) is 5.10 Å². The summed E-state index contributed by atoms with van der Waals surface area (Å²) < 4.78 is 1.70. The molecule has 2 heterocycles. The fourth-order valence-corrected chi connectivity index (χ4v) is 2.41. The summed E-state index contributed by atoms with van der Waals surface area (Å²) in [6.45, 7) is 8.52. The Labute approximate surface area is 121 Å². The lowest BCUT2D eigenvalue weighted by atomic mass is 10.1. The van der Waals surface area contributed by atoms with Crippen LogP contribution < -0.4 is 5.32 Å². The molecule has 0 spiro atoms. The van der Waals surface area contributed by atoms with E-state index >= 15 is 0 Å². The predicted octanol–water partition coefficient (Wildman–Crippen LogP) is 1.25. The van der Waals surface area contributed by atoms with Crippen LogP contribution in [0, 0.1) is 0 Å². The summed E-state index contributed by atoms with van der Waals surface area (Å²) in [5.74, 6) is 0.264. The molecule has 7 nitrogen and oxygen atoms in total. The van der Waals surface area contributed by atoms with Crippen molar-refractivity contribution in [3.8, 4) is 0 Å². The molecule has 0 unspecified atom stereocenters. The summed E-state index contributed by atoms with van der Waals surface area (Å²) in [4.78, 5) is 20.2. The van der Waals surface area contributed by atoms with Gasteiger partial charge in [0.05, 0.1) is 5.75 Å². The Bertz CT molecular complexity index is 618. The summed E-state index contributed by atoms with van der Waals surface area (Å²) in [7, 11) is 0. The van der Waals surface area contributed by atoms with Crippen LogP contribution in [0.15, 0.2) is 11.4 Å². The number of nitrogens with zero attached hydrogens (tertiary/aromatic N) is 5. The number of amides is 1. The van der Waals surface area contributed by atoms with Crippen molar-refractivity contribution >= 4 is 28.8 Å². The molecule has 0 atom stereocenters. The fraction of sp³-hybridized carbons (Fsp3) is 0.583. The standard InChI is InChI=1S/C12H18N6OS/c1-5-18-10-9(16-17-18)11(14-7-13-10)20-6-8(19)15-12(2,3)4/h7H,5-6H2,1-4H3,(H,15,19).